The molecule has 2 rings (SSSR count). The second kappa shape index (κ2) is 4.67. The van der Waals surface area contributed by atoms with Gasteiger partial charge in [0.15, 0.2) is 0 Å². The molecular formula is C14H12ClF. The SMILES string of the molecule is CC(c1ccc(F)cc1)c1ccc(Cl)cc1. The molecule has 0 amide bonds. The third-order valence-electron chi connectivity index (χ3n) is 2.74. The summed E-state index contributed by atoms with van der Waals surface area (Å²) in [4.78, 5) is 0. The predicted octanol–water partition coefficient (Wildman–Crippen LogP) is 4.63. The minimum Gasteiger partial charge on any atom is -0.207 e. The van der Waals surface area contributed by atoms with Gasteiger partial charge in [-0.3, -0.25) is 0 Å². The van der Waals surface area contributed by atoms with E-state index in [1.807, 2.05) is 36.4 Å². The molecule has 82 valence electrons. The normalized spacial score (nSPS) is 12.4. The monoisotopic (exact) mass is 234 g/mol. The van der Waals surface area contributed by atoms with E-state index in [0.29, 0.717) is 0 Å². The topological polar surface area (TPSA) is 0 Å². The maximum atomic E-state index is 12.8. The van der Waals surface area contributed by atoms with Gasteiger partial charge in [-0.15, -0.1) is 0 Å². The van der Waals surface area contributed by atoms with Crippen LogP contribution < -0.4 is 0 Å². The first-order valence-corrected chi connectivity index (χ1v) is 5.55. The molecule has 0 spiro atoms. The van der Waals surface area contributed by atoms with Crippen LogP contribution in [0.3, 0.4) is 0 Å². The number of rotatable bonds is 2. The van der Waals surface area contributed by atoms with E-state index in [1.165, 1.54) is 17.7 Å². The van der Waals surface area contributed by atoms with Gasteiger partial charge in [0.2, 0.25) is 0 Å². The standard InChI is InChI=1S/C14H12ClF/c1-10(11-2-6-13(15)7-3-11)12-4-8-14(16)9-5-12/h2-10H,1H3. The molecule has 0 N–H and O–H groups in total. The zero-order chi connectivity index (χ0) is 11.5. The van der Waals surface area contributed by atoms with Gasteiger partial charge >= 0.3 is 0 Å². The largest absolute Gasteiger partial charge is 0.207 e. The van der Waals surface area contributed by atoms with Gasteiger partial charge in [0.05, 0.1) is 0 Å². The summed E-state index contributed by atoms with van der Waals surface area (Å²) in [5.74, 6) is 0.0462. The molecule has 1 atom stereocenters. The van der Waals surface area contributed by atoms with Crippen molar-refractivity contribution in [3.05, 3.63) is 70.5 Å². The first-order chi connectivity index (χ1) is 7.66. The molecule has 2 aromatic rings. The Bertz CT molecular complexity index is 414. The highest BCUT2D eigenvalue weighted by Crippen LogP contribution is 2.25. The molecule has 0 saturated heterocycles. The smallest absolute Gasteiger partial charge is 0.123 e. The maximum absolute atomic E-state index is 12.8. The van der Waals surface area contributed by atoms with Gasteiger partial charge in [0, 0.05) is 10.9 Å². The lowest BCUT2D eigenvalue weighted by molar-refractivity contribution is 0.626. The van der Waals surface area contributed by atoms with Gasteiger partial charge in [-0.25, -0.2) is 4.39 Å². The van der Waals surface area contributed by atoms with Gasteiger partial charge in [-0.05, 0) is 35.4 Å². The van der Waals surface area contributed by atoms with Crippen molar-refractivity contribution in [3.63, 3.8) is 0 Å². The fourth-order valence-corrected chi connectivity index (χ4v) is 1.82. The molecule has 0 nitrogen and oxygen atoms in total. The fourth-order valence-electron chi connectivity index (χ4n) is 1.70. The fraction of sp³-hybridized carbons (Fsp3) is 0.143. The van der Waals surface area contributed by atoms with E-state index >= 15 is 0 Å². The average molecular weight is 235 g/mol. The Morgan fingerprint density at radius 3 is 1.81 bits per heavy atom. The Morgan fingerprint density at radius 2 is 1.31 bits per heavy atom. The highest BCUT2D eigenvalue weighted by Gasteiger charge is 2.07. The Hall–Kier alpha value is -1.34. The van der Waals surface area contributed by atoms with E-state index in [1.54, 1.807) is 0 Å². The van der Waals surface area contributed by atoms with Crippen molar-refractivity contribution in [1.82, 2.24) is 0 Å². The number of halogens is 2. The van der Waals surface area contributed by atoms with Crippen LogP contribution in [0, 0.1) is 5.82 Å². The van der Waals surface area contributed by atoms with Crippen molar-refractivity contribution < 1.29 is 4.39 Å². The summed E-state index contributed by atoms with van der Waals surface area (Å²) in [5.41, 5.74) is 2.28. The van der Waals surface area contributed by atoms with Gasteiger partial charge in [-0.2, -0.15) is 0 Å². The highest BCUT2D eigenvalue weighted by atomic mass is 35.5. The van der Waals surface area contributed by atoms with E-state index in [9.17, 15) is 4.39 Å². The van der Waals surface area contributed by atoms with Gasteiger partial charge in [-0.1, -0.05) is 42.8 Å². The van der Waals surface area contributed by atoms with Crippen LogP contribution in [-0.2, 0) is 0 Å². The molecule has 0 radical (unpaired) electrons. The summed E-state index contributed by atoms with van der Waals surface area (Å²) in [6, 6.07) is 14.3. The van der Waals surface area contributed by atoms with Crippen LogP contribution in [0.4, 0.5) is 4.39 Å². The minimum absolute atomic E-state index is 0.202. The second-order valence-electron chi connectivity index (χ2n) is 3.82. The summed E-state index contributed by atoms with van der Waals surface area (Å²) < 4.78 is 12.8. The Morgan fingerprint density at radius 1 is 0.875 bits per heavy atom. The molecule has 0 aliphatic carbocycles. The first-order valence-electron chi connectivity index (χ1n) is 5.18. The molecule has 0 bridgehead atoms. The van der Waals surface area contributed by atoms with E-state index in [4.69, 9.17) is 11.6 Å². The minimum atomic E-state index is -0.202. The average Bonchev–Trinajstić information content (AvgIpc) is 2.30. The van der Waals surface area contributed by atoms with Crippen LogP contribution >= 0.6 is 11.6 Å². The Balaban J connectivity index is 2.28. The molecule has 0 heterocycles. The van der Waals surface area contributed by atoms with Crippen LogP contribution in [-0.4, -0.2) is 0 Å². The van der Waals surface area contributed by atoms with Gasteiger partial charge in [0.1, 0.15) is 5.82 Å². The second-order valence-corrected chi connectivity index (χ2v) is 4.26. The van der Waals surface area contributed by atoms with E-state index < -0.39 is 0 Å². The van der Waals surface area contributed by atoms with E-state index in [2.05, 4.69) is 6.92 Å². The summed E-state index contributed by atoms with van der Waals surface area (Å²) in [6.07, 6.45) is 0. The Labute approximate surface area is 99.7 Å². The zero-order valence-corrected chi connectivity index (χ0v) is 9.71. The summed E-state index contributed by atoms with van der Waals surface area (Å²) in [5, 5.41) is 0.732. The lowest BCUT2D eigenvalue weighted by atomic mass is 9.93. The summed E-state index contributed by atoms with van der Waals surface area (Å²) >= 11 is 5.83. The molecule has 2 heteroatoms. The maximum Gasteiger partial charge on any atom is 0.123 e. The van der Waals surface area contributed by atoms with Crippen molar-refractivity contribution in [1.29, 1.82) is 0 Å². The van der Waals surface area contributed by atoms with Crippen molar-refractivity contribution in [3.8, 4) is 0 Å². The predicted molar refractivity (Wildman–Crippen MR) is 65.4 cm³/mol. The van der Waals surface area contributed by atoms with Crippen LogP contribution in [0.25, 0.3) is 0 Å². The molecular weight excluding hydrogens is 223 g/mol. The molecule has 0 aromatic heterocycles. The first kappa shape index (κ1) is 11.2. The van der Waals surface area contributed by atoms with Gasteiger partial charge < -0.3 is 0 Å². The molecule has 0 saturated carbocycles. The quantitative estimate of drug-likeness (QED) is 0.711. The third kappa shape index (κ3) is 2.42. The van der Waals surface area contributed by atoms with Crippen molar-refractivity contribution in [2.24, 2.45) is 0 Å². The lowest BCUT2D eigenvalue weighted by Gasteiger charge is -2.12. The van der Waals surface area contributed by atoms with Crippen LogP contribution in [0.1, 0.15) is 24.0 Å². The van der Waals surface area contributed by atoms with Crippen molar-refractivity contribution in [2.45, 2.75) is 12.8 Å². The molecule has 16 heavy (non-hydrogen) atoms. The molecule has 2 aromatic carbocycles. The molecule has 1 unspecified atom stereocenters. The van der Waals surface area contributed by atoms with Gasteiger partial charge in [0.25, 0.3) is 0 Å². The molecule has 0 aliphatic rings. The highest BCUT2D eigenvalue weighted by molar-refractivity contribution is 6.30. The van der Waals surface area contributed by atoms with E-state index in [0.717, 1.165) is 10.6 Å². The number of hydrogen-bond acceptors (Lipinski definition) is 0. The van der Waals surface area contributed by atoms with Crippen LogP contribution in [0.15, 0.2) is 48.5 Å². The third-order valence-corrected chi connectivity index (χ3v) is 2.99. The summed E-state index contributed by atoms with van der Waals surface area (Å²) in [7, 11) is 0. The zero-order valence-electron chi connectivity index (χ0n) is 8.95. The molecule has 0 fully saturated rings. The number of hydrogen-bond donors (Lipinski definition) is 0. The lowest BCUT2D eigenvalue weighted by Crippen LogP contribution is -1.95. The summed E-state index contributed by atoms with van der Waals surface area (Å²) in [6.45, 7) is 2.09. The van der Waals surface area contributed by atoms with Crippen LogP contribution in [0.2, 0.25) is 5.02 Å². The van der Waals surface area contributed by atoms with Crippen molar-refractivity contribution in [2.75, 3.05) is 0 Å². The van der Waals surface area contributed by atoms with E-state index in [-0.39, 0.29) is 11.7 Å². The van der Waals surface area contributed by atoms with Crippen molar-refractivity contribution >= 4 is 11.6 Å². The van der Waals surface area contributed by atoms with Crippen LogP contribution in [0.5, 0.6) is 0 Å². The number of benzene rings is 2. The Kier molecular flexibility index (Phi) is 3.25. The molecule has 0 aliphatic heterocycles.